The maximum absolute atomic E-state index is 2.40. The lowest BCUT2D eigenvalue weighted by atomic mass is 9.69. The van der Waals surface area contributed by atoms with Gasteiger partial charge >= 0.3 is 0 Å². The maximum atomic E-state index is 2.40. The van der Waals surface area contributed by atoms with Crippen molar-refractivity contribution in [2.45, 2.75) is 27.2 Å². The van der Waals surface area contributed by atoms with Crippen LogP contribution in [0.3, 0.4) is 0 Å². The van der Waals surface area contributed by atoms with Crippen molar-refractivity contribution in [3.05, 3.63) is 82.8 Å². The van der Waals surface area contributed by atoms with Crippen molar-refractivity contribution >= 4 is 11.6 Å². The van der Waals surface area contributed by atoms with Gasteiger partial charge in [0.25, 0.3) is 0 Å². The molecule has 0 aromatic heterocycles. The lowest BCUT2D eigenvalue weighted by Gasteiger charge is -2.35. The first kappa shape index (κ1) is 14.8. The van der Waals surface area contributed by atoms with Crippen LogP contribution in [-0.2, 0) is 0 Å². The zero-order chi connectivity index (χ0) is 15.6. The molecule has 0 amide bonds. The predicted octanol–water partition coefficient (Wildman–Crippen LogP) is 4.29. The monoisotopic (exact) mass is 288 g/mol. The summed E-state index contributed by atoms with van der Waals surface area (Å²) >= 11 is 0. The van der Waals surface area contributed by atoms with Crippen LogP contribution in [0.15, 0.2) is 66.7 Å². The third kappa shape index (κ3) is 2.66. The average molecular weight is 288 g/mol. The Morgan fingerprint density at radius 3 is 2.36 bits per heavy atom. The van der Waals surface area contributed by atoms with Crippen LogP contribution in [0.1, 0.15) is 32.8 Å². The van der Waals surface area contributed by atoms with Gasteiger partial charge in [0, 0.05) is 0 Å². The number of allylic oxidation sites excluding steroid dienone is 2. The molecule has 1 aliphatic carbocycles. The first-order valence-corrected chi connectivity index (χ1v) is 8.12. The summed E-state index contributed by atoms with van der Waals surface area (Å²) in [6, 6.07) is 19.7. The summed E-state index contributed by atoms with van der Waals surface area (Å²) in [6.45, 7) is 6.81. The fourth-order valence-electron chi connectivity index (χ4n) is 3.67. The van der Waals surface area contributed by atoms with E-state index in [9.17, 15) is 0 Å². The Balaban J connectivity index is 2.30. The second-order valence-electron chi connectivity index (χ2n) is 6.68. The van der Waals surface area contributed by atoms with Crippen molar-refractivity contribution in [3.8, 4) is 0 Å². The fraction of sp³-hybridized carbons (Fsp3) is 0.273. The molecule has 1 aliphatic rings. The molecule has 0 aliphatic heterocycles. The number of fused-ring (bicyclic) bond motifs is 1. The highest BCUT2D eigenvalue weighted by molar-refractivity contribution is 5.70. The van der Waals surface area contributed by atoms with Crippen molar-refractivity contribution in [3.63, 3.8) is 0 Å². The van der Waals surface area contributed by atoms with Gasteiger partial charge in [-0.15, -0.1) is 0 Å². The predicted molar refractivity (Wildman–Crippen MR) is 95.8 cm³/mol. The first-order valence-electron chi connectivity index (χ1n) is 8.12. The Kier molecular flexibility index (Phi) is 4.02. The van der Waals surface area contributed by atoms with Crippen LogP contribution >= 0.6 is 0 Å². The lowest BCUT2D eigenvalue weighted by Crippen LogP contribution is -2.37. The Labute approximate surface area is 133 Å². The van der Waals surface area contributed by atoms with Crippen molar-refractivity contribution in [1.29, 1.82) is 0 Å². The Bertz CT molecular complexity index is 791. The highest BCUT2D eigenvalue weighted by Crippen LogP contribution is 2.40. The molecule has 2 aromatic rings. The number of hydrogen-bond donors (Lipinski definition) is 0. The number of benzene rings is 2. The SMILES string of the molecule is CC=CC(C)(C)C1CC=c2ccccc2=C1c1ccccc1. The minimum Gasteiger partial charge on any atom is -0.0911 e. The van der Waals surface area contributed by atoms with Crippen molar-refractivity contribution in [2.75, 3.05) is 0 Å². The second kappa shape index (κ2) is 5.96. The third-order valence-corrected chi connectivity index (χ3v) is 4.75. The van der Waals surface area contributed by atoms with Crippen molar-refractivity contribution in [2.24, 2.45) is 11.3 Å². The summed E-state index contributed by atoms with van der Waals surface area (Å²) in [5, 5.41) is 2.76. The first-order chi connectivity index (χ1) is 10.6. The van der Waals surface area contributed by atoms with Gasteiger partial charge in [-0.3, -0.25) is 0 Å². The lowest BCUT2D eigenvalue weighted by molar-refractivity contribution is 0.358. The summed E-state index contributed by atoms with van der Waals surface area (Å²) < 4.78 is 0. The number of hydrogen-bond acceptors (Lipinski definition) is 0. The molecule has 0 heterocycles. The molecule has 0 heteroatoms. The normalized spacial score (nSPS) is 18.1. The van der Waals surface area contributed by atoms with Gasteiger partial charge in [0.2, 0.25) is 0 Å². The zero-order valence-electron chi connectivity index (χ0n) is 13.7. The van der Waals surface area contributed by atoms with Crippen LogP contribution in [-0.4, -0.2) is 0 Å². The van der Waals surface area contributed by atoms with Gasteiger partial charge in [-0.05, 0) is 46.3 Å². The molecule has 0 N–H and O–H groups in total. The van der Waals surface area contributed by atoms with Gasteiger partial charge in [0.15, 0.2) is 0 Å². The third-order valence-electron chi connectivity index (χ3n) is 4.75. The van der Waals surface area contributed by atoms with Gasteiger partial charge in [-0.1, -0.05) is 86.7 Å². The molecule has 22 heavy (non-hydrogen) atoms. The van der Waals surface area contributed by atoms with E-state index in [0.29, 0.717) is 5.92 Å². The van der Waals surface area contributed by atoms with E-state index in [1.54, 1.807) is 0 Å². The fourth-order valence-corrected chi connectivity index (χ4v) is 3.67. The quantitative estimate of drug-likeness (QED) is 0.739. The van der Waals surface area contributed by atoms with Crippen LogP contribution in [0.25, 0.3) is 11.6 Å². The molecular weight excluding hydrogens is 264 g/mol. The van der Waals surface area contributed by atoms with Gasteiger partial charge in [0.05, 0.1) is 0 Å². The van der Waals surface area contributed by atoms with E-state index in [4.69, 9.17) is 0 Å². The number of rotatable bonds is 3. The highest BCUT2D eigenvalue weighted by Gasteiger charge is 2.31. The van der Waals surface area contributed by atoms with Crippen LogP contribution in [0.4, 0.5) is 0 Å². The summed E-state index contributed by atoms with van der Waals surface area (Å²) in [5.41, 5.74) is 2.98. The van der Waals surface area contributed by atoms with E-state index in [2.05, 4.69) is 93.6 Å². The van der Waals surface area contributed by atoms with Crippen LogP contribution < -0.4 is 10.4 Å². The summed E-state index contributed by atoms with van der Waals surface area (Å²) in [7, 11) is 0. The molecule has 0 saturated heterocycles. The molecule has 1 unspecified atom stereocenters. The van der Waals surface area contributed by atoms with Crippen LogP contribution in [0.5, 0.6) is 0 Å². The van der Waals surface area contributed by atoms with Crippen molar-refractivity contribution in [1.82, 2.24) is 0 Å². The molecule has 0 spiro atoms. The smallest absolute Gasteiger partial charge is 0.00291 e. The maximum Gasteiger partial charge on any atom is -0.00291 e. The van der Waals surface area contributed by atoms with Gasteiger partial charge in [-0.2, -0.15) is 0 Å². The molecular formula is C22H24. The Morgan fingerprint density at radius 1 is 0.955 bits per heavy atom. The summed E-state index contributed by atoms with van der Waals surface area (Å²) in [4.78, 5) is 0. The molecule has 112 valence electrons. The minimum atomic E-state index is 0.143. The van der Waals surface area contributed by atoms with Gasteiger partial charge in [-0.25, -0.2) is 0 Å². The topological polar surface area (TPSA) is 0 Å². The average Bonchev–Trinajstić information content (AvgIpc) is 2.54. The Hall–Kier alpha value is -2.08. The molecule has 0 bridgehead atoms. The van der Waals surface area contributed by atoms with E-state index < -0.39 is 0 Å². The summed E-state index contributed by atoms with van der Waals surface area (Å²) in [5.74, 6) is 0.501. The summed E-state index contributed by atoms with van der Waals surface area (Å²) in [6.07, 6.45) is 8.03. The zero-order valence-corrected chi connectivity index (χ0v) is 13.7. The standard InChI is InChI=1S/C22H24/c1-4-16-22(2,3)20-15-14-17-10-8-9-13-19(17)21(20)18-11-6-5-7-12-18/h4-14,16,20H,15H2,1-3H3. The van der Waals surface area contributed by atoms with E-state index in [0.717, 1.165) is 6.42 Å². The molecule has 1 atom stereocenters. The molecule has 0 nitrogen and oxygen atoms in total. The van der Waals surface area contributed by atoms with E-state index >= 15 is 0 Å². The van der Waals surface area contributed by atoms with E-state index in [1.807, 2.05) is 0 Å². The largest absolute Gasteiger partial charge is 0.0911 e. The molecule has 0 fully saturated rings. The molecule has 2 aromatic carbocycles. The van der Waals surface area contributed by atoms with Crippen LogP contribution in [0, 0.1) is 11.3 Å². The van der Waals surface area contributed by atoms with Crippen LogP contribution in [0.2, 0.25) is 0 Å². The molecule has 3 rings (SSSR count). The van der Waals surface area contributed by atoms with E-state index in [-0.39, 0.29) is 5.41 Å². The highest BCUT2D eigenvalue weighted by atomic mass is 14.3. The minimum absolute atomic E-state index is 0.143. The molecule has 0 radical (unpaired) electrons. The molecule has 0 saturated carbocycles. The van der Waals surface area contributed by atoms with Crippen molar-refractivity contribution < 1.29 is 0 Å². The second-order valence-corrected chi connectivity index (χ2v) is 6.68. The van der Waals surface area contributed by atoms with E-state index in [1.165, 1.54) is 21.6 Å². The Morgan fingerprint density at radius 2 is 1.64 bits per heavy atom. The van der Waals surface area contributed by atoms with Gasteiger partial charge < -0.3 is 0 Å². The van der Waals surface area contributed by atoms with Gasteiger partial charge in [0.1, 0.15) is 0 Å².